The molecule has 1 aromatic heterocycles. The zero-order chi connectivity index (χ0) is 13.1. The molecule has 0 bridgehead atoms. The summed E-state index contributed by atoms with van der Waals surface area (Å²) in [6, 6.07) is 0. The van der Waals surface area contributed by atoms with Gasteiger partial charge in [-0.3, -0.25) is 0 Å². The van der Waals surface area contributed by atoms with Gasteiger partial charge in [-0.15, -0.1) is 0 Å². The minimum absolute atomic E-state index is 0.308. The van der Waals surface area contributed by atoms with Crippen molar-refractivity contribution in [2.24, 2.45) is 0 Å². The van der Waals surface area contributed by atoms with E-state index in [1.807, 2.05) is 6.92 Å². The Morgan fingerprint density at radius 3 is 3.00 bits per heavy atom. The Kier molecular flexibility index (Phi) is 8.32. The molecule has 7 nitrogen and oxygen atoms in total. The Bertz CT molecular complexity index is 282. The predicted octanol–water partition coefficient (Wildman–Crippen LogP) is -0.384. The first kappa shape index (κ1) is 15.0. The van der Waals surface area contributed by atoms with Crippen molar-refractivity contribution in [2.75, 3.05) is 39.5 Å². The number of aliphatic hydroxyl groups excluding tert-OH is 1. The Balaban J connectivity index is 1.88. The number of aromatic nitrogens is 2. The first-order chi connectivity index (χ1) is 8.83. The van der Waals surface area contributed by atoms with E-state index in [1.54, 1.807) is 0 Å². The second-order valence-electron chi connectivity index (χ2n) is 3.73. The van der Waals surface area contributed by atoms with Gasteiger partial charge in [0.05, 0.1) is 25.9 Å². The molecule has 0 radical (unpaired) electrons. The van der Waals surface area contributed by atoms with Crippen LogP contribution in [0, 0.1) is 0 Å². The lowest BCUT2D eigenvalue weighted by atomic mass is 10.3. The molecule has 1 aromatic rings. The molecule has 0 aliphatic heterocycles. The molecule has 1 rings (SSSR count). The Morgan fingerprint density at radius 1 is 1.44 bits per heavy atom. The van der Waals surface area contributed by atoms with Crippen molar-refractivity contribution in [3.8, 4) is 0 Å². The van der Waals surface area contributed by atoms with Crippen molar-refractivity contribution in [1.82, 2.24) is 15.5 Å². The van der Waals surface area contributed by atoms with Crippen molar-refractivity contribution in [3.63, 3.8) is 0 Å². The monoisotopic (exact) mass is 259 g/mol. The second-order valence-corrected chi connectivity index (χ2v) is 3.73. The quantitative estimate of drug-likeness (QED) is 0.523. The number of rotatable bonds is 11. The highest BCUT2D eigenvalue weighted by atomic mass is 16.5. The van der Waals surface area contributed by atoms with Gasteiger partial charge in [-0.2, -0.15) is 4.98 Å². The Morgan fingerprint density at radius 2 is 2.28 bits per heavy atom. The lowest BCUT2D eigenvalue weighted by Gasteiger charge is -2.11. The molecule has 0 aromatic carbocycles. The van der Waals surface area contributed by atoms with Gasteiger partial charge in [-0.1, -0.05) is 5.16 Å². The van der Waals surface area contributed by atoms with Crippen LogP contribution in [0.15, 0.2) is 10.9 Å². The summed E-state index contributed by atoms with van der Waals surface area (Å²) in [5.74, 6) is 0.657. The smallest absolute Gasteiger partial charge is 0.213 e. The fraction of sp³-hybridized carbons (Fsp3) is 0.818. The normalized spacial score (nSPS) is 12.8. The third-order valence-corrected chi connectivity index (χ3v) is 2.20. The highest BCUT2D eigenvalue weighted by Gasteiger charge is 2.04. The number of aliphatic hydroxyl groups is 1. The molecule has 0 amide bonds. The molecule has 1 atom stereocenters. The molecule has 1 unspecified atom stereocenters. The predicted molar refractivity (Wildman–Crippen MR) is 64.2 cm³/mol. The molecule has 0 aliphatic carbocycles. The number of hydrogen-bond acceptors (Lipinski definition) is 7. The van der Waals surface area contributed by atoms with Gasteiger partial charge in [0.25, 0.3) is 0 Å². The van der Waals surface area contributed by atoms with Crippen molar-refractivity contribution < 1.29 is 19.1 Å². The summed E-state index contributed by atoms with van der Waals surface area (Å²) in [4.78, 5) is 3.89. The van der Waals surface area contributed by atoms with Crippen molar-refractivity contribution in [2.45, 2.75) is 19.4 Å². The van der Waals surface area contributed by atoms with Gasteiger partial charge in [0.1, 0.15) is 0 Å². The van der Waals surface area contributed by atoms with Crippen LogP contribution in [0.5, 0.6) is 0 Å². The molecule has 7 heteroatoms. The highest BCUT2D eigenvalue weighted by Crippen LogP contribution is 1.89. The van der Waals surface area contributed by atoms with Crippen LogP contribution in [0.25, 0.3) is 0 Å². The summed E-state index contributed by atoms with van der Waals surface area (Å²) in [5.41, 5.74) is 0. The topological polar surface area (TPSA) is 89.6 Å². The first-order valence-electron chi connectivity index (χ1n) is 6.12. The van der Waals surface area contributed by atoms with Gasteiger partial charge in [0.2, 0.25) is 6.39 Å². The van der Waals surface area contributed by atoms with Crippen LogP contribution in [0.1, 0.15) is 12.7 Å². The molecule has 2 N–H and O–H groups in total. The largest absolute Gasteiger partial charge is 0.389 e. The van der Waals surface area contributed by atoms with Gasteiger partial charge < -0.3 is 24.4 Å². The summed E-state index contributed by atoms with van der Waals surface area (Å²) in [6.07, 6.45) is 1.46. The molecule has 18 heavy (non-hydrogen) atoms. The molecule has 0 aliphatic rings. The van der Waals surface area contributed by atoms with E-state index in [1.165, 1.54) is 6.39 Å². The Labute approximate surface area is 106 Å². The van der Waals surface area contributed by atoms with E-state index >= 15 is 0 Å². The lowest BCUT2D eigenvalue weighted by Crippen LogP contribution is -2.32. The van der Waals surface area contributed by atoms with Gasteiger partial charge in [0, 0.05) is 26.1 Å². The molecule has 0 fully saturated rings. The van der Waals surface area contributed by atoms with Crippen LogP contribution >= 0.6 is 0 Å². The molecule has 1 heterocycles. The van der Waals surface area contributed by atoms with Crippen LogP contribution in [-0.4, -0.2) is 60.9 Å². The van der Waals surface area contributed by atoms with Crippen LogP contribution in [-0.2, 0) is 15.9 Å². The number of ether oxygens (including phenoxy) is 2. The minimum atomic E-state index is -0.517. The summed E-state index contributed by atoms with van der Waals surface area (Å²) in [6.45, 7) is 5.17. The standard InChI is InChI=1S/C11H21N3O4/c1-2-16-5-6-17-8-10(15)7-12-4-3-11-13-9-18-14-11/h9-10,12,15H,2-8H2,1H3. The maximum absolute atomic E-state index is 9.58. The average molecular weight is 259 g/mol. The van der Waals surface area contributed by atoms with Crippen LogP contribution in [0.3, 0.4) is 0 Å². The maximum Gasteiger partial charge on any atom is 0.213 e. The SMILES string of the molecule is CCOCCOCC(O)CNCCc1ncon1. The van der Waals surface area contributed by atoms with Gasteiger partial charge in [-0.25, -0.2) is 0 Å². The van der Waals surface area contributed by atoms with E-state index in [0.29, 0.717) is 51.8 Å². The zero-order valence-electron chi connectivity index (χ0n) is 10.7. The molecule has 0 saturated heterocycles. The van der Waals surface area contributed by atoms with Crippen molar-refractivity contribution in [1.29, 1.82) is 0 Å². The number of hydrogen-bond donors (Lipinski definition) is 2. The van der Waals surface area contributed by atoms with E-state index in [2.05, 4.69) is 20.0 Å². The van der Waals surface area contributed by atoms with E-state index < -0.39 is 6.10 Å². The third kappa shape index (κ3) is 7.33. The minimum Gasteiger partial charge on any atom is -0.389 e. The van der Waals surface area contributed by atoms with Gasteiger partial charge in [-0.05, 0) is 6.92 Å². The van der Waals surface area contributed by atoms with Crippen molar-refractivity contribution in [3.05, 3.63) is 12.2 Å². The van der Waals surface area contributed by atoms with Gasteiger partial charge in [0.15, 0.2) is 5.82 Å². The van der Waals surface area contributed by atoms with E-state index in [9.17, 15) is 5.11 Å². The molecule has 0 spiro atoms. The van der Waals surface area contributed by atoms with E-state index in [-0.39, 0.29) is 0 Å². The maximum atomic E-state index is 9.58. The van der Waals surface area contributed by atoms with E-state index in [4.69, 9.17) is 9.47 Å². The molecule has 0 saturated carbocycles. The Hall–Kier alpha value is -1.02. The molecular weight excluding hydrogens is 238 g/mol. The van der Waals surface area contributed by atoms with Crippen LogP contribution in [0.4, 0.5) is 0 Å². The number of nitrogens with one attached hydrogen (secondary N) is 1. The third-order valence-electron chi connectivity index (χ3n) is 2.20. The highest BCUT2D eigenvalue weighted by molar-refractivity contribution is 4.78. The zero-order valence-corrected chi connectivity index (χ0v) is 10.7. The molecule has 104 valence electrons. The number of nitrogens with zero attached hydrogens (tertiary/aromatic N) is 2. The van der Waals surface area contributed by atoms with Crippen molar-refractivity contribution >= 4 is 0 Å². The summed E-state index contributed by atoms with van der Waals surface area (Å²) in [7, 11) is 0. The van der Waals surface area contributed by atoms with Crippen LogP contribution < -0.4 is 5.32 Å². The molecular formula is C11H21N3O4. The average Bonchev–Trinajstić information content (AvgIpc) is 2.87. The lowest BCUT2D eigenvalue weighted by molar-refractivity contribution is 0.00659. The second kappa shape index (κ2) is 9.95. The summed E-state index contributed by atoms with van der Waals surface area (Å²) >= 11 is 0. The van der Waals surface area contributed by atoms with E-state index in [0.717, 1.165) is 0 Å². The first-order valence-corrected chi connectivity index (χ1v) is 6.12. The summed E-state index contributed by atoms with van der Waals surface area (Å²) < 4.78 is 15.0. The van der Waals surface area contributed by atoms with Gasteiger partial charge >= 0.3 is 0 Å². The fourth-order valence-electron chi connectivity index (χ4n) is 1.31. The van der Waals surface area contributed by atoms with Crippen LogP contribution in [0.2, 0.25) is 0 Å². The summed E-state index contributed by atoms with van der Waals surface area (Å²) in [5, 5.41) is 16.4. The fourth-order valence-corrected chi connectivity index (χ4v) is 1.31.